The molecule has 1 aromatic rings. The van der Waals surface area contributed by atoms with Crippen LogP contribution in [0.25, 0.3) is 0 Å². The topological polar surface area (TPSA) is 49.8 Å². The molecule has 2 rings (SSSR count). The average Bonchev–Trinajstić information content (AvgIpc) is 2.27. The van der Waals surface area contributed by atoms with Crippen LogP contribution in [0.2, 0.25) is 0 Å². The molecule has 1 amide bonds. The van der Waals surface area contributed by atoms with E-state index in [9.17, 15) is 4.79 Å². The van der Waals surface area contributed by atoms with Gasteiger partial charge in [-0.2, -0.15) is 0 Å². The van der Waals surface area contributed by atoms with Crippen molar-refractivity contribution in [2.24, 2.45) is 5.92 Å². The van der Waals surface area contributed by atoms with Gasteiger partial charge >= 0.3 is 0 Å². The molecule has 1 fully saturated rings. The summed E-state index contributed by atoms with van der Waals surface area (Å²) in [7, 11) is 0. The highest BCUT2D eigenvalue weighted by atomic mass is 16.5. The summed E-state index contributed by atoms with van der Waals surface area (Å²) in [6, 6.07) is 7.24. The van der Waals surface area contributed by atoms with Crippen molar-refractivity contribution in [2.45, 2.75) is 20.0 Å². The Balaban J connectivity index is 2.02. The summed E-state index contributed by atoms with van der Waals surface area (Å²) >= 11 is 0. The van der Waals surface area contributed by atoms with Crippen LogP contribution >= 0.6 is 0 Å². The van der Waals surface area contributed by atoms with Crippen LogP contribution in [-0.4, -0.2) is 41.7 Å². The standard InChI is InChI=1S/C14H19NO3/c1-10(2)18-13-5-3-4-12(6-13)14(17)15-7-11(8-15)9-16/h3-6,10-11,16H,7-9H2,1-2H3. The van der Waals surface area contributed by atoms with Gasteiger partial charge in [0.05, 0.1) is 6.10 Å². The Bertz CT molecular complexity index is 425. The van der Waals surface area contributed by atoms with Gasteiger partial charge in [0.25, 0.3) is 5.91 Å². The number of carbonyl (C=O) groups excluding carboxylic acids is 1. The van der Waals surface area contributed by atoms with Crippen molar-refractivity contribution < 1.29 is 14.6 Å². The number of hydrogen-bond acceptors (Lipinski definition) is 3. The van der Waals surface area contributed by atoms with Crippen LogP contribution in [0.5, 0.6) is 5.75 Å². The minimum atomic E-state index is 0.00825. The fraction of sp³-hybridized carbons (Fsp3) is 0.500. The Kier molecular flexibility index (Phi) is 3.87. The van der Waals surface area contributed by atoms with E-state index in [2.05, 4.69) is 0 Å². The Morgan fingerprint density at radius 2 is 2.22 bits per heavy atom. The summed E-state index contributed by atoms with van der Waals surface area (Å²) in [4.78, 5) is 13.9. The number of hydrogen-bond donors (Lipinski definition) is 1. The van der Waals surface area contributed by atoms with E-state index >= 15 is 0 Å². The number of nitrogens with zero attached hydrogens (tertiary/aromatic N) is 1. The van der Waals surface area contributed by atoms with Gasteiger partial charge in [-0.1, -0.05) is 6.07 Å². The van der Waals surface area contributed by atoms with Gasteiger partial charge < -0.3 is 14.7 Å². The number of carbonyl (C=O) groups is 1. The molecule has 4 nitrogen and oxygen atoms in total. The second-order valence-corrected chi connectivity index (χ2v) is 4.95. The zero-order valence-corrected chi connectivity index (χ0v) is 10.8. The molecular weight excluding hydrogens is 230 g/mol. The van der Waals surface area contributed by atoms with Crippen LogP contribution in [0.1, 0.15) is 24.2 Å². The van der Waals surface area contributed by atoms with E-state index in [1.54, 1.807) is 17.0 Å². The van der Waals surface area contributed by atoms with Gasteiger partial charge in [-0.15, -0.1) is 0 Å². The molecule has 1 aliphatic heterocycles. The van der Waals surface area contributed by atoms with Crippen LogP contribution < -0.4 is 4.74 Å². The van der Waals surface area contributed by atoms with Gasteiger partial charge in [-0.05, 0) is 32.0 Å². The summed E-state index contributed by atoms with van der Waals surface area (Å²) < 4.78 is 5.57. The van der Waals surface area contributed by atoms with Crippen LogP contribution in [0.3, 0.4) is 0 Å². The van der Waals surface area contributed by atoms with Crippen LogP contribution in [-0.2, 0) is 0 Å². The van der Waals surface area contributed by atoms with Crippen LogP contribution in [0, 0.1) is 5.92 Å². The molecule has 1 N–H and O–H groups in total. The number of amides is 1. The van der Waals surface area contributed by atoms with Gasteiger partial charge in [0.2, 0.25) is 0 Å². The van der Waals surface area contributed by atoms with Gasteiger partial charge in [-0.3, -0.25) is 4.79 Å². The highest BCUT2D eigenvalue weighted by Gasteiger charge is 2.30. The second kappa shape index (κ2) is 5.40. The number of aliphatic hydroxyl groups excluding tert-OH is 1. The van der Waals surface area contributed by atoms with Crippen molar-refractivity contribution in [3.8, 4) is 5.75 Å². The Labute approximate surface area is 107 Å². The Hall–Kier alpha value is -1.55. The molecule has 4 heteroatoms. The molecule has 1 aromatic carbocycles. The Morgan fingerprint density at radius 3 is 2.83 bits per heavy atom. The molecule has 0 saturated carbocycles. The maximum atomic E-state index is 12.1. The van der Waals surface area contributed by atoms with Crippen LogP contribution in [0.15, 0.2) is 24.3 Å². The SMILES string of the molecule is CC(C)Oc1cccc(C(=O)N2CC(CO)C2)c1. The van der Waals surface area contributed by atoms with Gasteiger partial charge in [0.1, 0.15) is 5.75 Å². The lowest BCUT2D eigenvalue weighted by Gasteiger charge is -2.38. The first-order valence-electron chi connectivity index (χ1n) is 6.27. The highest BCUT2D eigenvalue weighted by Crippen LogP contribution is 2.21. The van der Waals surface area contributed by atoms with E-state index in [1.807, 2.05) is 26.0 Å². The van der Waals surface area contributed by atoms with Crippen molar-refractivity contribution >= 4 is 5.91 Å². The predicted molar refractivity (Wildman–Crippen MR) is 68.7 cm³/mol. The third-order valence-corrected chi connectivity index (χ3v) is 2.96. The number of ether oxygens (including phenoxy) is 1. The minimum absolute atomic E-state index is 0.00825. The number of aliphatic hydroxyl groups is 1. The predicted octanol–water partition coefficient (Wildman–Crippen LogP) is 1.54. The summed E-state index contributed by atoms with van der Waals surface area (Å²) in [5.41, 5.74) is 0.643. The molecule has 0 spiro atoms. The van der Waals surface area contributed by atoms with E-state index in [4.69, 9.17) is 9.84 Å². The summed E-state index contributed by atoms with van der Waals surface area (Å²) in [5.74, 6) is 0.966. The quantitative estimate of drug-likeness (QED) is 0.880. The van der Waals surface area contributed by atoms with Crippen molar-refractivity contribution in [3.05, 3.63) is 29.8 Å². The third-order valence-electron chi connectivity index (χ3n) is 2.96. The summed E-state index contributed by atoms with van der Waals surface area (Å²) in [6.45, 7) is 5.35. The maximum Gasteiger partial charge on any atom is 0.254 e. The fourth-order valence-electron chi connectivity index (χ4n) is 2.01. The van der Waals surface area contributed by atoms with Gasteiger partial charge in [0, 0.05) is 31.2 Å². The molecule has 0 atom stereocenters. The first kappa shape index (κ1) is 12.9. The van der Waals surface area contributed by atoms with Crippen LogP contribution in [0.4, 0.5) is 0 Å². The molecule has 0 bridgehead atoms. The molecule has 1 aliphatic rings. The monoisotopic (exact) mass is 249 g/mol. The lowest BCUT2D eigenvalue weighted by Crippen LogP contribution is -2.51. The van der Waals surface area contributed by atoms with Gasteiger partial charge in [0.15, 0.2) is 0 Å². The summed E-state index contributed by atoms with van der Waals surface area (Å²) in [5, 5.41) is 8.94. The van der Waals surface area contributed by atoms with E-state index < -0.39 is 0 Å². The normalized spacial score (nSPS) is 15.7. The lowest BCUT2D eigenvalue weighted by atomic mass is 10.00. The second-order valence-electron chi connectivity index (χ2n) is 4.95. The average molecular weight is 249 g/mol. The molecule has 0 aromatic heterocycles. The first-order valence-corrected chi connectivity index (χ1v) is 6.27. The number of likely N-dealkylation sites (tertiary alicyclic amines) is 1. The zero-order chi connectivity index (χ0) is 13.1. The smallest absolute Gasteiger partial charge is 0.254 e. The van der Waals surface area contributed by atoms with Gasteiger partial charge in [-0.25, -0.2) is 0 Å². The lowest BCUT2D eigenvalue weighted by molar-refractivity contribution is 0.0361. The fourth-order valence-corrected chi connectivity index (χ4v) is 2.01. The highest BCUT2D eigenvalue weighted by molar-refractivity contribution is 5.95. The molecule has 1 saturated heterocycles. The zero-order valence-electron chi connectivity index (χ0n) is 10.8. The van der Waals surface area contributed by atoms with E-state index in [0.717, 1.165) is 5.75 Å². The molecular formula is C14H19NO3. The maximum absolute atomic E-state index is 12.1. The van der Waals surface area contributed by atoms with E-state index in [1.165, 1.54) is 0 Å². The molecule has 0 aliphatic carbocycles. The van der Waals surface area contributed by atoms with Crippen molar-refractivity contribution in [3.63, 3.8) is 0 Å². The van der Waals surface area contributed by atoms with Crippen molar-refractivity contribution in [1.82, 2.24) is 4.90 Å². The number of rotatable bonds is 4. The Morgan fingerprint density at radius 1 is 1.50 bits per heavy atom. The number of benzene rings is 1. The molecule has 1 heterocycles. The molecule has 98 valence electrons. The summed E-state index contributed by atoms with van der Waals surface area (Å²) in [6.07, 6.45) is 0.0955. The molecule has 0 unspecified atom stereocenters. The molecule has 0 radical (unpaired) electrons. The van der Waals surface area contributed by atoms with Crippen molar-refractivity contribution in [2.75, 3.05) is 19.7 Å². The van der Waals surface area contributed by atoms with E-state index in [0.29, 0.717) is 18.7 Å². The van der Waals surface area contributed by atoms with E-state index in [-0.39, 0.29) is 24.5 Å². The largest absolute Gasteiger partial charge is 0.491 e. The minimum Gasteiger partial charge on any atom is -0.491 e. The third kappa shape index (κ3) is 2.82. The first-order chi connectivity index (χ1) is 8.60. The van der Waals surface area contributed by atoms with Crippen molar-refractivity contribution in [1.29, 1.82) is 0 Å². The molecule has 18 heavy (non-hydrogen) atoms.